The molecule has 0 aliphatic rings. The van der Waals surface area contributed by atoms with Crippen LogP contribution in [0.3, 0.4) is 0 Å². The van der Waals surface area contributed by atoms with Crippen molar-refractivity contribution in [2.75, 3.05) is 34.0 Å². The normalized spacial score (nSPS) is 11.9. The van der Waals surface area contributed by atoms with E-state index in [9.17, 15) is 9.90 Å². The monoisotopic (exact) mass is 506 g/mol. The number of benzene rings is 3. The van der Waals surface area contributed by atoms with E-state index in [1.165, 1.54) is 6.08 Å². The van der Waals surface area contributed by atoms with Crippen molar-refractivity contribution in [3.63, 3.8) is 0 Å². The van der Waals surface area contributed by atoms with Crippen LogP contribution in [0.15, 0.2) is 91.5 Å². The molecule has 0 heterocycles. The molecule has 3 rings (SSSR count). The molecule has 7 heteroatoms. The molecule has 0 fully saturated rings. The average Bonchev–Trinajstić information content (AvgIpc) is 2.95. The SMILES string of the molecule is C=CCOC(=O)OCCC[C@H](O)COC(c1ccccc1)(c1ccc(OC)cc1)c1ccc(OC)cc1. The van der Waals surface area contributed by atoms with E-state index in [-0.39, 0.29) is 19.8 Å². The first kappa shape index (κ1) is 27.8. The van der Waals surface area contributed by atoms with Crippen molar-refractivity contribution in [3.05, 3.63) is 108 Å². The predicted molar refractivity (Wildman–Crippen MR) is 141 cm³/mol. The standard InChI is InChI=1S/C30H34O7/c1-4-20-35-29(32)36-21-8-11-26(31)22-37-30(23-9-6-5-7-10-23,24-12-16-27(33-2)17-13-24)25-14-18-28(34-3)19-15-25/h4-7,9-10,12-19,26,31H,1,8,11,20-22H2,2-3H3/t26-/m0/s1. The van der Waals surface area contributed by atoms with Crippen LogP contribution >= 0.6 is 0 Å². The number of hydrogen-bond acceptors (Lipinski definition) is 7. The van der Waals surface area contributed by atoms with Crippen molar-refractivity contribution in [2.45, 2.75) is 24.5 Å². The van der Waals surface area contributed by atoms with Gasteiger partial charge >= 0.3 is 6.16 Å². The van der Waals surface area contributed by atoms with Gasteiger partial charge in [-0.25, -0.2) is 4.79 Å². The summed E-state index contributed by atoms with van der Waals surface area (Å²) in [6.07, 6.45) is 0.759. The van der Waals surface area contributed by atoms with Crippen LogP contribution in [0.2, 0.25) is 0 Å². The minimum absolute atomic E-state index is 0.0495. The molecule has 7 nitrogen and oxygen atoms in total. The Hall–Kier alpha value is -3.81. The van der Waals surface area contributed by atoms with Crippen LogP contribution < -0.4 is 9.47 Å². The van der Waals surface area contributed by atoms with Crippen LogP contribution in [0.1, 0.15) is 29.5 Å². The molecule has 0 radical (unpaired) electrons. The molecule has 3 aromatic rings. The highest BCUT2D eigenvalue weighted by Gasteiger charge is 2.38. The van der Waals surface area contributed by atoms with E-state index in [0.29, 0.717) is 12.8 Å². The molecule has 0 unspecified atom stereocenters. The summed E-state index contributed by atoms with van der Waals surface area (Å²) in [6.45, 7) is 3.76. The van der Waals surface area contributed by atoms with E-state index in [1.807, 2.05) is 78.9 Å². The maximum absolute atomic E-state index is 11.5. The van der Waals surface area contributed by atoms with E-state index < -0.39 is 17.9 Å². The highest BCUT2D eigenvalue weighted by atomic mass is 16.7. The number of carbonyl (C=O) groups is 1. The van der Waals surface area contributed by atoms with Crippen molar-refractivity contribution in [1.82, 2.24) is 0 Å². The Labute approximate surface area is 218 Å². The molecule has 0 bridgehead atoms. The van der Waals surface area contributed by atoms with Gasteiger partial charge < -0.3 is 28.8 Å². The zero-order valence-corrected chi connectivity index (χ0v) is 21.3. The summed E-state index contributed by atoms with van der Waals surface area (Å²) in [7, 11) is 3.25. The third kappa shape index (κ3) is 7.35. The minimum atomic E-state index is -1.01. The lowest BCUT2D eigenvalue weighted by Crippen LogP contribution is -2.35. The number of aliphatic hydroxyl groups is 1. The van der Waals surface area contributed by atoms with Gasteiger partial charge in [-0.15, -0.1) is 0 Å². The second-order valence-corrected chi connectivity index (χ2v) is 8.31. The second-order valence-electron chi connectivity index (χ2n) is 8.31. The summed E-state index contributed by atoms with van der Waals surface area (Å²) in [5, 5.41) is 10.8. The van der Waals surface area contributed by atoms with Crippen LogP contribution in [-0.2, 0) is 19.8 Å². The van der Waals surface area contributed by atoms with Gasteiger partial charge in [0.05, 0.1) is 33.5 Å². The maximum atomic E-state index is 11.5. The summed E-state index contributed by atoms with van der Waals surface area (Å²) in [4.78, 5) is 11.5. The van der Waals surface area contributed by atoms with Crippen molar-refractivity contribution >= 4 is 6.16 Å². The number of carbonyl (C=O) groups excluding carboxylic acids is 1. The van der Waals surface area contributed by atoms with Crippen LogP contribution in [0, 0.1) is 0 Å². The summed E-state index contributed by atoms with van der Waals surface area (Å²) in [5.74, 6) is 1.46. The van der Waals surface area contributed by atoms with Crippen LogP contribution in [-0.4, -0.2) is 51.4 Å². The lowest BCUT2D eigenvalue weighted by atomic mass is 9.80. The topological polar surface area (TPSA) is 83.5 Å². The highest BCUT2D eigenvalue weighted by Crippen LogP contribution is 2.41. The Morgan fingerprint density at radius 3 is 1.92 bits per heavy atom. The molecule has 0 spiro atoms. The first-order valence-corrected chi connectivity index (χ1v) is 12.1. The van der Waals surface area contributed by atoms with Crippen molar-refractivity contribution in [1.29, 1.82) is 0 Å². The number of methoxy groups -OCH3 is 2. The van der Waals surface area contributed by atoms with E-state index in [0.717, 1.165) is 28.2 Å². The Morgan fingerprint density at radius 1 is 0.865 bits per heavy atom. The molecule has 196 valence electrons. The van der Waals surface area contributed by atoms with E-state index >= 15 is 0 Å². The predicted octanol–water partition coefficient (Wildman–Crippen LogP) is 5.49. The van der Waals surface area contributed by atoms with Gasteiger partial charge in [0.2, 0.25) is 0 Å². The Morgan fingerprint density at radius 2 is 1.41 bits per heavy atom. The molecule has 0 amide bonds. The van der Waals surface area contributed by atoms with Gasteiger partial charge in [0.1, 0.15) is 23.7 Å². The molecule has 1 N–H and O–H groups in total. The van der Waals surface area contributed by atoms with Gasteiger partial charge in [-0.05, 0) is 53.8 Å². The lowest BCUT2D eigenvalue weighted by molar-refractivity contribution is -0.0418. The third-order valence-corrected chi connectivity index (χ3v) is 5.89. The van der Waals surface area contributed by atoms with E-state index in [2.05, 4.69) is 6.58 Å². The fraction of sp³-hybridized carbons (Fsp3) is 0.300. The third-order valence-electron chi connectivity index (χ3n) is 5.89. The van der Waals surface area contributed by atoms with Gasteiger partial charge in [0, 0.05) is 0 Å². The average molecular weight is 507 g/mol. The maximum Gasteiger partial charge on any atom is 0.508 e. The summed E-state index contributed by atoms with van der Waals surface area (Å²) < 4.78 is 27.2. The number of ether oxygens (including phenoxy) is 5. The Kier molecular flexibility index (Phi) is 10.6. The largest absolute Gasteiger partial charge is 0.508 e. The zero-order valence-electron chi connectivity index (χ0n) is 21.3. The van der Waals surface area contributed by atoms with Gasteiger partial charge in [-0.1, -0.05) is 67.3 Å². The zero-order chi connectivity index (χ0) is 26.5. The van der Waals surface area contributed by atoms with Gasteiger partial charge in [0.25, 0.3) is 0 Å². The Balaban J connectivity index is 1.86. The van der Waals surface area contributed by atoms with Crippen molar-refractivity contribution < 1.29 is 33.6 Å². The molecular formula is C30H34O7. The van der Waals surface area contributed by atoms with E-state index in [4.69, 9.17) is 23.7 Å². The molecule has 0 aliphatic heterocycles. The van der Waals surface area contributed by atoms with E-state index in [1.54, 1.807) is 14.2 Å². The molecule has 0 saturated heterocycles. The summed E-state index contributed by atoms with van der Waals surface area (Å²) in [6, 6.07) is 25.3. The molecule has 0 aromatic heterocycles. The highest BCUT2D eigenvalue weighted by molar-refractivity contribution is 5.59. The smallest absolute Gasteiger partial charge is 0.497 e. The molecular weight excluding hydrogens is 472 g/mol. The second kappa shape index (κ2) is 14.1. The van der Waals surface area contributed by atoms with Crippen LogP contribution in [0.5, 0.6) is 11.5 Å². The number of hydrogen-bond donors (Lipinski definition) is 1. The number of aliphatic hydroxyl groups excluding tert-OH is 1. The molecule has 0 aliphatic carbocycles. The summed E-state index contributed by atoms with van der Waals surface area (Å²) in [5.41, 5.74) is 1.66. The number of rotatable bonds is 14. The fourth-order valence-corrected chi connectivity index (χ4v) is 4.02. The fourth-order valence-electron chi connectivity index (χ4n) is 4.02. The van der Waals surface area contributed by atoms with Crippen LogP contribution in [0.4, 0.5) is 4.79 Å². The van der Waals surface area contributed by atoms with Gasteiger partial charge in [-0.2, -0.15) is 0 Å². The van der Waals surface area contributed by atoms with Crippen LogP contribution in [0.25, 0.3) is 0 Å². The molecule has 37 heavy (non-hydrogen) atoms. The first-order chi connectivity index (χ1) is 18.0. The van der Waals surface area contributed by atoms with Gasteiger partial charge in [0.15, 0.2) is 0 Å². The molecule has 0 saturated carbocycles. The molecule has 3 aromatic carbocycles. The van der Waals surface area contributed by atoms with Crippen molar-refractivity contribution in [3.8, 4) is 11.5 Å². The lowest BCUT2D eigenvalue weighted by Gasteiger charge is -2.36. The summed E-state index contributed by atoms with van der Waals surface area (Å²) >= 11 is 0. The molecule has 1 atom stereocenters. The van der Waals surface area contributed by atoms with Gasteiger partial charge in [-0.3, -0.25) is 0 Å². The minimum Gasteiger partial charge on any atom is -0.497 e. The Bertz CT molecular complexity index is 1050. The van der Waals surface area contributed by atoms with Crippen molar-refractivity contribution in [2.24, 2.45) is 0 Å². The first-order valence-electron chi connectivity index (χ1n) is 12.1. The quantitative estimate of drug-likeness (QED) is 0.134.